The molecular weight excluding hydrogens is 356 g/mol. The van der Waals surface area contributed by atoms with Crippen molar-refractivity contribution in [3.05, 3.63) is 38.8 Å². The Kier molecular flexibility index (Phi) is 6.17. The van der Waals surface area contributed by atoms with Gasteiger partial charge in [-0.2, -0.15) is 0 Å². The average Bonchev–Trinajstić information content (AvgIpc) is 2.79. The maximum Gasteiger partial charge on any atom is 0.283 e. The Morgan fingerprint density at radius 1 is 1.52 bits per heavy atom. The highest BCUT2D eigenvalue weighted by atomic mass is 32.2. The van der Waals surface area contributed by atoms with Gasteiger partial charge in [-0.15, -0.1) is 11.8 Å². The number of benzene rings is 1. The lowest BCUT2D eigenvalue weighted by molar-refractivity contribution is -0.387. The van der Waals surface area contributed by atoms with Gasteiger partial charge in [0.2, 0.25) is 0 Å². The molecule has 0 bridgehead atoms. The van der Waals surface area contributed by atoms with Crippen LogP contribution >= 0.6 is 35.7 Å². The third kappa shape index (κ3) is 4.11. The van der Waals surface area contributed by atoms with Crippen LogP contribution in [-0.2, 0) is 4.79 Å². The first-order valence-electron chi connectivity index (χ1n) is 6.75. The van der Waals surface area contributed by atoms with Gasteiger partial charge < -0.3 is 5.11 Å². The lowest BCUT2D eigenvalue weighted by Crippen LogP contribution is -2.27. The highest BCUT2D eigenvalue weighted by Crippen LogP contribution is 2.34. The molecule has 1 heterocycles. The number of carbonyl (C=O) groups excluding carboxylic acids is 1. The van der Waals surface area contributed by atoms with Crippen molar-refractivity contribution < 1.29 is 14.8 Å². The molecule has 0 atom stereocenters. The summed E-state index contributed by atoms with van der Waals surface area (Å²) in [5, 5.41) is 20.0. The monoisotopic (exact) mass is 370 g/mol. The van der Waals surface area contributed by atoms with Crippen molar-refractivity contribution in [1.29, 1.82) is 0 Å². The first-order valence-corrected chi connectivity index (χ1v) is 8.96. The maximum absolute atomic E-state index is 12.2. The molecule has 23 heavy (non-hydrogen) atoms. The molecule has 1 amide bonds. The van der Waals surface area contributed by atoms with Gasteiger partial charge in [0, 0.05) is 18.4 Å². The van der Waals surface area contributed by atoms with Gasteiger partial charge in [0.25, 0.3) is 11.6 Å². The fraction of sp³-hybridized carbons (Fsp3) is 0.286. The lowest BCUT2D eigenvalue weighted by Gasteiger charge is -2.09. The number of rotatable bonds is 6. The standard InChI is InChI=1S/C14H14N2O4S3/c1-2-15-13(18)12(23-14(15)21)8-9-3-4-11(22-6-5-17)10(7-9)16(19)20/h3-4,7-8,17H,2,5-6H2,1H3. The largest absolute Gasteiger partial charge is 0.396 e. The van der Waals surface area contributed by atoms with Crippen molar-refractivity contribution in [2.24, 2.45) is 0 Å². The number of hydrogen-bond donors (Lipinski definition) is 1. The topological polar surface area (TPSA) is 83.7 Å². The average molecular weight is 370 g/mol. The fourth-order valence-corrected chi connectivity index (χ4v) is 4.11. The van der Waals surface area contributed by atoms with Gasteiger partial charge in [0.15, 0.2) is 0 Å². The van der Waals surface area contributed by atoms with Gasteiger partial charge in [-0.05, 0) is 24.6 Å². The first-order chi connectivity index (χ1) is 11.0. The minimum absolute atomic E-state index is 0.0387. The van der Waals surface area contributed by atoms with Crippen molar-refractivity contribution in [3.8, 4) is 0 Å². The van der Waals surface area contributed by atoms with Gasteiger partial charge in [-0.1, -0.05) is 30.0 Å². The quantitative estimate of drug-likeness (QED) is 0.271. The summed E-state index contributed by atoms with van der Waals surface area (Å²) in [4.78, 5) is 25.3. The number of aliphatic hydroxyl groups is 1. The molecule has 122 valence electrons. The van der Waals surface area contributed by atoms with Gasteiger partial charge in [-0.3, -0.25) is 19.8 Å². The molecule has 1 aromatic rings. The Hall–Kier alpha value is -1.42. The van der Waals surface area contributed by atoms with Crippen molar-refractivity contribution >= 4 is 57.7 Å². The predicted octanol–water partition coefficient (Wildman–Crippen LogP) is 2.90. The highest BCUT2D eigenvalue weighted by molar-refractivity contribution is 8.26. The molecule has 0 saturated carbocycles. The number of carbonyl (C=O) groups is 1. The van der Waals surface area contributed by atoms with E-state index in [1.807, 2.05) is 6.92 Å². The lowest BCUT2D eigenvalue weighted by atomic mass is 10.2. The van der Waals surface area contributed by atoms with Crippen LogP contribution in [0.2, 0.25) is 0 Å². The van der Waals surface area contributed by atoms with E-state index in [1.54, 1.807) is 18.2 Å². The number of aliphatic hydroxyl groups excluding tert-OH is 1. The second kappa shape index (κ2) is 7.91. The number of nitro groups is 1. The van der Waals surface area contributed by atoms with E-state index in [0.717, 1.165) is 0 Å². The predicted molar refractivity (Wildman–Crippen MR) is 96.5 cm³/mol. The van der Waals surface area contributed by atoms with E-state index in [4.69, 9.17) is 17.3 Å². The Labute approximate surface area is 147 Å². The van der Waals surface area contributed by atoms with E-state index in [0.29, 0.717) is 32.0 Å². The number of hydrogen-bond acceptors (Lipinski definition) is 7. The number of thioether (sulfide) groups is 2. The van der Waals surface area contributed by atoms with Crippen LogP contribution in [0.1, 0.15) is 12.5 Å². The Morgan fingerprint density at radius 2 is 2.26 bits per heavy atom. The summed E-state index contributed by atoms with van der Waals surface area (Å²) >= 11 is 7.55. The van der Waals surface area contributed by atoms with Gasteiger partial charge >= 0.3 is 0 Å². The molecule has 2 rings (SSSR count). The van der Waals surface area contributed by atoms with Crippen LogP contribution in [-0.4, -0.2) is 44.1 Å². The number of amides is 1. The third-order valence-electron chi connectivity index (χ3n) is 3.02. The van der Waals surface area contributed by atoms with E-state index in [2.05, 4.69) is 0 Å². The van der Waals surface area contributed by atoms with E-state index >= 15 is 0 Å². The second-order valence-electron chi connectivity index (χ2n) is 4.48. The highest BCUT2D eigenvalue weighted by Gasteiger charge is 2.30. The minimum atomic E-state index is -0.464. The van der Waals surface area contributed by atoms with Crippen LogP contribution in [0.15, 0.2) is 28.0 Å². The summed E-state index contributed by atoms with van der Waals surface area (Å²) < 4.78 is 0.494. The van der Waals surface area contributed by atoms with Gasteiger partial charge in [0.05, 0.1) is 21.3 Å². The molecule has 0 aromatic heterocycles. The molecule has 1 aliphatic heterocycles. The van der Waals surface area contributed by atoms with Crippen molar-refractivity contribution in [1.82, 2.24) is 4.90 Å². The number of likely N-dealkylation sites (N-methyl/N-ethyl adjacent to an activating group) is 1. The number of nitro benzene ring substituents is 1. The zero-order valence-corrected chi connectivity index (χ0v) is 14.7. The van der Waals surface area contributed by atoms with Crippen LogP contribution in [0.4, 0.5) is 5.69 Å². The molecule has 0 unspecified atom stereocenters. The van der Waals surface area contributed by atoms with Gasteiger partial charge in [-0.25, -0.2) is 0 Å². The molecule has 0 aliphatic carbocycles. The Morgan fingerprint density at radius 3 is 2.83 bits per heavy atom. The summed E-state index contributed by atoms with van der Waals surface area (Å²) in [6.45, 7) is 2.29. The van der Waals surface area contributed by atoms with Crippen LogP contribution in [0.25, 0.3) is 6.08 Å². The molecule has 6 nitrogen and oxygen atoms in total. The molecule has 1 aliphatic rings. The zero-order valence-electron chi connectivity index (χ0n) is 12.2. The molecule has 0 spiro atoms. The van der Waals surface area contributed by atoms with E-state index in [9.17, 15) is 14.9 Å². The Bertz CT molecular complexity index is 691. The van der Waals surface area contributed by atoms with Crippen LogP contribution in [0, 0.1) is 10.1 Å². The van der Waals surface area contributed by atoms with E-state index in [-0.39, 0.29) is 18.2 Å². The van der Waals surface area contributed by atoms with Crippen molar-refractivity contribution in [3.63, 3.8) is 0 Å². The number of thiocarbonyl (C=S) groups is 1. The zero-order chi connectivity index (χ0) is 17.0. The van der Waals surface area contributed by atoms with Crippen molar-refractivity contribution in [2.45, 2.75) is 11.8 Å². The summed E-state index contributed by atoms with van der Waals surface area (Å²) in [6.07, 6.45) is 1.61. The Balaban J connectivity index is 2.32. The van der Waals surface area contributed by atoms with Gasteiger partial charge in [0.1, 0.15) is 4.32 Å². The van der Waals surface area contributed by atoms with Crippen LogP contribution < -0.4 is 0 Å². The first kappa shape index (κ1) is 17.9. The molecule has 1 aromatic carbocycles. The second-order valence-corrected chi connectivity index (χ2v) is 7.29. The molecule has 1 saturated heterocycles. The molecule has 9 heteroatoms. The molecule has 1 fully saturated rings. The van der Waals surface area contributed by atoms with E-state index < -0.39 is 4.92 Å². The molecule has 0 radical (unpaired) electrons. The summed E-state index contributed by atoms with van der Waals surface area (Å²) in [5.41, 5.74) is 0.532. The summed E-state index contributed by atoms with van der Waals surface area (Å²) in [6, 6.07) is 4.77. The van der Waals surface area contributed by atoms with Crippen LogP contribution in [0.5, 0.6) is 0 Å². The normalized spacial score (nSPS) is 16.4. The maximum atomic E-state index is 12.2. The molecule has 1 N–H and O–H groups in total. The smallest absolute Gasteiger partial charge is 0.283 e. The fourth-order valence-electron chi connectivity index (χ4n) is 1.97. The SMILES string of the molecule is CCN1C(=O)C(=Cc2ccc(SCCO)c([N+](=O)[O-])c2)SC1=S. The minimum Gasteiger partial charge on any atom is -0.396 e. The van der Waals surface area contributed by atoms with Crippen molar-refractivity contribution in [2.75, 3.05) is 18.9 Å². The molecular formula is C14H14N2O4S3. The summed E-state index contributed by atoms with van der Waals surface area (Å²) in [7, 11) is 0. The number of nitrogens with zero attached hydrogens (tertiary/aromatic N) is 2. The van der Waals surface area contributed by atoms with Crippen LogP contribution in [0.3, 0.4) is 0 Å². The van der Waals surface area contributed by atoms with E-state index in [1.165, 1.54) is 34.5 Å². The third-order valence-corrected chi connectivity index (χ3v) is 5.44. The summed E-state index contributed by atoms with van der Waals surface area (Å²) in [5.74, 6) is 0.207.